The largest absolute Gasteiger partial charge is 0.374 e. The predicted molar refractivity (Wildman–Crippen MR) is 90.1 cm³/mol. The maximum absolute atomic E-state index is 12.9. The Morgan fingerprint density at radius 3 is 2.22 bits per heavy atom. The highest BCUT2D eigenvalue weighted by molar-refractivity contribution is 6.04. The van der Waals surface area contributed by atoms with E-state index in [-0.39, 0.29) is 11.6 Å². The van der Waals surface area contributed by atoms with Gasteiger partial charge in [-0.1, -0.05) is 18.2 Å². The van der Waals surface area contributed by atoms with Crippen molar-refractivity contribution in [2.75, 3.05) is 31.1 Å². The van der Waals surface area contributed by atoms with E-state index in [1.54, 1.807) is 6.08 Å². The van der Waals surface area contributed by atoms with Crippen LogP contribution in [0.5, 0.6) is 0 Å². The van der Waals surface area contributed by atoms with Crippen LogP contribution in [0.1, 0.15) is 10.4 Å². The van der Waals surface area contributed by atoms with Crippen molar-refractivity contribution in [3.05, 3.63) is 78.3 Å². The molecule has 4 heteroatoms. The van der Waals surface area contributed by atoms with E-state index in [1.807, 2.05) is 24.4 Å². The summed E-state index contributed by atoms with van der Waals surface area (Å²) in [6.07, 6.45) is 3.40. The molecular formula is C19H19FN2O. The standard InChI is InChI=1S/C19H19FN2O/c20-17-8-6-16(7-9-17)19(23)10-11-21-12-14-22(15-13-21)18-4-2-1-3-5-18/h1-11H,12-15H2/b11-10+. The van der Waals surface area contributed by atoms with Crippen LogP contribution >= 0.6 is 0 Å². The summed E-state index contributed by atoms with van der Waals surface area (Å²) in [6, 6.07) is 16.0. The van der Waals surface area contributed by atoms with Gasteiger partial charge < -0.3 is 9.80 Å². The lowest BCUT2D eigenvalue weighted by atomic mass is 10.1. The van der Waals surface area contributed by atoms with E-state index in [0.29, 0.717) is 5.56 Å². The minimum absolute atomic E-state index is 0.101. The van der Waals surface area contributed by atoms with Gasteiger partial charge in [0.05, 0.1) is 0 Å². The summed E-state index contributed by atoms with van der Waals surface area (Å²) < 4.78 is 12.9. The molecule has 0 amide bonds. The molecule has 0 atom stereocenters. The third-order valence-corrected chi connectivity index (χ3v) is 4.00. The van der Waals surface area contributed by atoms with Crippen LogP contribution in [0.3, 0.4) is 0 Å². The highest BCUT2D eigenvalue weighted by Crippen LogP contribution is 2.15. The van der Waals surface area contributed by atoms with Gasteiger partial charge in [-0.2, -0.15) is 0 Å². The minimum Gasteiger partial charge on any atom is -0.374 e. The summed E-state index contributed by atoms with van der Waals surface area (Å²) in [6.45, 7) is 3.61. The molecule has 3 rings (SSSR count). The molecule has 1 saturated heterocycles. The number of nitrogens with zero attached hydrogens (tertiary/aromatic N) is 2. The van der Waals surface area contributed by atoms with E-state index in [1.165, 1.54) is 30.0 Å². The number of anilines is 1. The number of para-hydroxylation sites is 1. The summed E-state index contributed by atoms with van der Waals surface area (Å²) in [5, 5.41) is 0. The molecule has 1 heterocycles. The lowest BCUT2D eigenvalue weighted by Gasteiger charge is -2.35. The number of halogens is 1. The number of benzene rings is 2. The molecule has 0 N–H and O–H groups in total. The Kier molecular flexibility index (Phi) is 4.71. The summed E-state index contributed by atoms with van der Waals surface area (Å²) in [7, 11) is 0. The summed E-state index contributed by atoms with van der Waals surface area (Å²) in [4.78, 5) is 16.5. The van der Waals surface area contributed by atoms with Crippen LogP contribution in [-0.4, -0.2) is 36.9 Å². The van der Waals surface area contributed by atoms with Crippen LogP contribution in [0.4, 0.5) is 10.1 Å². The van der Waals surface area contributed by atoms with Crippen LogP contribution in [-0.2, 0) is 0 Å². The predicted octanol–water partition coefficient (Wildman–Crippen LogP) is 3.34. The first kappa shape index (κ1) is 15.3. The number of allylic oxidation sites excluding steroid dienone is 1. The van der Waals surface area contributed by atoms with Crippen molar-refractivity contribution in [2.24, 2.45) is 0 Å². The second-order valence-corrected chi connectivity index (χ2v) is 5.55. The number of ketones is 1. The lowest BCUT2D eigenvalue weighted by molar-refractivity contribution is 0.104. The van der Waals surface area contributed by atoms with E-state index in [4.69, 9.17) is 0 Å². The van der Waals surface area contributed by atoms with E-state index < -0.39 is 0 Å². The van der Waals surface area contributed by atoms with E-state index in [2.05, 4.69) is 21.9 Å². The van der Waals surface area contributed by atoms with Gasteiger partial charge in [0.15, 0.2) is 5.78 Å². The fraction of sp³-hybridized carbons (Fsp3) is 0.211. The first-order chi connectivity index (χ1) is 11.2. The van der Waals surface area contributed by atoms with Crippen molar-refractivity contribution < 1.29 is 9.18 Å². The van der Waals surface area contributed by atoms with Crippen LogP contribution in [0.2, 0.25) is 0 Å². The number of hydrogen-bond acceptors (Lipinski definition) is 3. The van der Waals surface area contributed by atoms with Crippen molar-refractivity contribution in [3.8, 4) is 0 Å². The number of piperazine rings is 1. The Morgan fingerprint density at radius 1 is 0.913 bits per heavy atom. The van der Waals surface area contributed by atoms with E-state index >= 15 is 0 Å². The molecule has 23 heavy (non-hydrogen) atoms. The number of carbonyl (C=O) groups excluding carboxylic acids is 1. The molecule has 2 aromatic carbocycles. The van der Waals surface area contributed by atoms with Crippen LogP contribution in [0.25, 0.3) is 0 Å². The molecule has 0 aromatic heterocycles. The van der Waals surface area contributed by atoms with Crippen molar-refractivity contribution in [3.63, 3.8) is 0 Å². The normalized spacial score (nSPS) is 15.2. The maximum Gasteiger partial charge on any atom is 0.187 e. The SMILES string of the molecule is O=C(/C=C/N1CCN(c2ccccc2)CC1)c1ccc(F)cc1. The zero-order chi connectivity index (χ0) is 16.1. The second-order valence-electron chi connectivity index (χ2n) is 5.55. The third kappa shape index (κ3) is 3.97. The fourth-order valence-corrected chi connectivity index (χ4v) is 2.65. The van der Waals surface area contributed by atoms with Crippen molar-refractivity contribution in [1.82, 2.24) is 4.90 Å². The first-order valence-electron chi connectivity index (χ1n) is 7.74. The van der Waals surface area contributed by atoms with Gasteiger partial charge in [0.2, 0.25) is 0 Å². The molecule has 1 aliphatic heterocycles. The van der Waals surface area contributed by atoms with Crippen LogP contribution in [0.15, 0.2) is 66.9 Å². The molecule has 0 spiro atoms. The highest BCUT2D eigenvalue weighted by atomic mass is 19.1. The van der Waals surface area contributed by atoms with Crippen LogP contribution in [0, 0.1) is 5.82 Å². The van der Waals surface area contributed by atoms with Gasteiger partial charge in [-0.3, -0.25) is 4.79 Å². The monoisotopic (exact) mass is 310 g/mol. The van der Waals surface area contributed by atoms with Crippen molar-refractivity contribution >= 4 is 11.5 Å². The fourth-order valence-electron chi connectivity index (χ4n) is 2.65. The highest BCUT2D eigenvalue weighted by Gasteiger charge is 2.14. The van der Waals surface area contributed by atoms with Gasteiger partial charge in [0.25, 0.3) is 0 Å². The van der Waals surface area contributed by atoms with Gasteiger partial charge in [0.1, 0.15) is 5.82 Å². The van der Waals surface area contributed by atoms with Gasteiger partial charge in [0, 0.05) is 49.7 Å². The van der Waals surface area contributed by atoms with Gasteiger partial charge in [-0.25, -0.2) is 4.39 Å². The topological polar surface area (TPSA) is 23.6 Å². The molecule has 3 nitrogen and oxygen atoms in total. The third-order valence-electron chi connectivity index (χ3n) is 4.00. The van der Waals surface area contributed by atoms with Gasteiger partial charge in [-0.05, 0) is 36.4 Å². The number of hydrogen-bond donors (Lipinski definition) is 0. The Labute approximate surface area is 135 Å². The first-order valence-corrected chi connectivity index (χ1v) is 7.74. The lowest BCUT2D eigenvalue weighted by Crippen LogP contribution is -2.44. The maximum atomic E-state index is 12.9. The molecule has 0 radical (unpaired) electrons. The molecule has 0 saturated carbocycles. The molecular weight excluding hydrogens is 291 g/mol. The molecule has 0 aliphatic carbocycles. The molecule has 0 unspecified atom stereocenters. The average molecular weight is 310 g/mol. The number of rotatable bonds is 4. The Bertz CT molecular complexity index is 674. The Morgan fingerprint density at radius 2 is 1.57 bits per heavy atom. The van der Waals surface area contributed by atoms with E-state index in [9.17, 15) is 9.18 Å². The van der Waals surface area contributed by atoms with Crippen LogP contribution < -0.4 is 4.90 Å². The molecule has 118 valence electrons. The number of carbonyl (C=O) groups is 1. The summed E-state index contributed by atoms with van der Waals surface area (Å²) in [5.74, 6) is -0.432. The molecule has 1 fully saturated rings. The minimum atomic E-state index is -0.331. The van der Waals surface area contributed by atoms with Crippen molar-refractivity contribution in [2.45, 2.75) is 0 Å². The van der Waals surface area contributed by atoms with Gasteiger partial charge in [-0.15, -0.1) is 0 Å². The quantitative estimate of drug-likeness (QED) is 0.639. The average Bonchev–Trinajstić information content (AvgIpc) is 2.61. The smallest absolute Gasteiger partial charge is 0.187 e. The molecule has 1 aliphatic rings. The zero-order valence-corrected chi connectivity index (χ0v) is 12.9. The van der Waals surface area contributed by atoms with Gasteiger partial charge >= 0.3 is 0 Å². The summed E-state index contributed by atoms with van der Waals surface area (Å²) in [5.41, 5.74) is 1.74. The Balaban J connectivity index is 1.54. The zero-order valence-electron chi connectivity index (χ0n) is 12.9. The van der Waals surface area contributed by atoms with E-state index in [0.717, 1.165) is 26.2 Å². The second kappa shape index (κ2) is 7.09. The van der Waals surface area contributed by atoms with Crippen molar-refractivity contribution in [1.29, 1.82) is 0 Å². The molecule has 0 bridgehead atoms. The Hall–Kier alpha value is -2.62. The molecule has 2 aromatic rings. The summed E-state index contributed by atoms with van der Waals surface area (Å²) >= 11 is 0.